The summed E-state index contributed by atoms with van der Waals surface area (Å²) < 4.78 is -0.0789. The number of benzene rings is 2. The van der Waals surface area contributed by atoms with Crippen LogP contribution in [0, 0.1) is 0 Å². The van der Waals surface area contributed by atoms with Crippen LogP contribution in [0.5, 0.6) is 0 Å². The number of rotatable bonds is 5. The van der Waals surface area contributed by atoms with E-state index in [2.05, 4.69) is 63.3 Å². The Balaban J connectivity index is 2.35. The fraction of sp³-hybridized carbons (Fsp3) is 0.304. The summed E-state index contributed by atoms with van der Waals surface area (Å²) in [6, 6.07) is 12.6. The molecule has 2 rings (SSSR count). The van der Waals surface area contributed by atoms with Crippen molar-refractivity contribution in [2.24, 2.45) is 0 Å². The minimum atomic E-state index is -0.963. The molecule has 0 heterocycles. The zero-order valence-corrected chi connectivity index (χ0v) is 18.5. The molecule has 2 aromatic rings. The first-order valence-electron chi connectivity index (χ1n) is 8.78. The van der Waals surface area contributed by atoms with Crippen LogP contribution in [0.25, 0.3) is 6.08 Å². The van der Waals surface area contributed by atoms with Gasteiger partial charge >= 0.3 is 5.97 Å². The van der Waals surface area contributed by atoms with E-state index in [-0.39, 0.29) is 20.2 Å². The number of aromatic carboxylic acids is 1. The summed E-state index contributed by atoms with van der Waals surface area (Å²) in [4.78, 5) is 23.7. The number of alkyl halides is 1. The van der Waals surface area contributed by atoms with Crippen molar-refractivity contribution in [2.75, 3.05) is 0 Å². The molecule has 0 spiro atoms. The van der Waals surface area contributed by atoms with Crippen molar-refractivity contribution >= 4 is 40.4 Å². The van der Waals surface area contributed by atoms with Gasteiger partial charge in [-0.05, 0) is 66.3 Å². The van der Waals surface area contributed by atoms with E-state index in [0.717, 1.165) is 16.7 Å². The van der Waals surface area contributed by atoms with Crippen molar-refractivity contribution < 1.29 is 14.7 Å². The molecular formula is C23H25IO3. The molecule has 0 amide bonds. The van der Waals surface area contributed by atoms with Gasteiger partial charge < -0.3 is 5.11 Å². The highest BCUT2D eigenvalue weighted by Gasteiger charge is 2.22. The number of hydrogen-bond donors (Lipinski definition) is 1. The number of ketones is 1. The van der Waals surface area contributed by atoms with Gasteiger partial charge in [0, 0.05) is 8.99 Å². The van der Waals surface area contributed by atoms with E-state index in [9.17, 15) is 9.59 Å². The third kappa shape index (κ3) is 5.76. The second-order valence-electron chi connectivity index (χ2n) is 8.15. The van der Waals surface area contributed by atoms with Crippen molar-refractivity contribution in [1.82, 2.24) is 0 Å². The molecule has 0 unspecified atom stereocenters. The first-order chi connectivity index (χ1) is 12.4. The number of carbonyl (C=O) groups excluding carboxylic acids is 1. The van der Waals surface area contributed by atoms with Gasteiger partial charge in [-0.25, -0.2) is 4.79 Å². The molecule has 1 N–H and O–H groups in total. The Morgan fingerprint density at radius 2 is 1.44 bits per heavy atom. The van der Waals surface area contributed by atoms with Crippen molar-refractivity contribution in [3.05, 3.63) is 76.4 Å². The summed E-state index contributed by atoms with van der Waals surface area (Å²) >= 11 is 2.39. The summed E-state index contributed by atoms with van der Waals surface area (Å²) in [6.45, 7) is 10.7. The average Bonchev–Trinajstić information content (AvgIpc) is 2.58. The van der Waals surface area contributed by atoms with Crippen LogP contribution in [0.4, 0.5) is 0 Å². The fourth-order valence-electron chi connectivity index (χ4n) is 2.55. The highest BCUT2D eigenvalue weighted by atomic mass is 127. The molecule has 27 heavy (non-hydrogen) atoms. The molecule has 0 aromatic heterocycles. The number of carbonyl (C=O) groups is 2. The highest BCUT2D eigenvalue weighted by molar-refractivity contribution is 14.1. The Labute approximate surface area is 174 Å². The Morgan fingerprint density at radius 3 is 1.93 bits per heavy atom. The Morgan fingerprint density at radius 1 is 0.889 bits per heavy atom. The molecule has 0 saturated heterocycles. The number of halogens is 1. The lowest BCUT2D eigenvalue weighted by Gasteiger charge is -2.24. The van der Waals surface area contributed by atoms with Gasteiger partial charge in [0.15, 0.2) is 5.78 Å². The molecule has 4 heteroatoms. The molecule has 0 atom stereocenters. The van der Waals surface area contributed by atoms with Gasteiger partial charge in [0.25, 0.3) is 0 Å². The van der Waals surface area contributed by atoms with E-state index >= 15 is 0 Å². The lowest BCUT2D eigenvalue weighted by molar-refractivity contribution is 0.0696. The molecule has 0 saturated carbocycles. The Bertz CT molecular complexity index is 847. The van der Waals surface area contributed by atoms with E-state index < -0.39 is 5.97 Å². The van der Waals surface area contributed by atoms with Crippen LogP contribution in [0.3, 0.4) is 0 Å². The van der Waals surface area contributed by atoms with Gasteiger partial charge in [0.1, 0.15) is 0 Å². The van der Waals surface area contributed by atoms with Crippen LogP contribution in [0.15, 0.2) is 48.5 Å². The van der Waals surface area contributed by atoms with Gasteiger partial charge in [-0.2, -0.15) is 0 Å². The van der Waals surface area contributed by atoms with Crippen LogP contribution >= 0.6 is 22.6 Å². The summed E-state index contributed by atoms with van der Waals surface area (Å²) in [7, 11) is 0. The predicted molar refractivity (Wildman–Crippen MR) is 119 cm³/mol. The van der Waals surface area contributed by atoms with Gasteiger partial charge in [-0.1, -0.05) is 67.6 Å². The standard InChI is InChI=1S/C23H25IO3/c1-22(2,3)18-12-17(13-19(14-18)23(4,5)24)20(25)11-8-15-6-9-16(10-7-15)21(26)27/h6-14H,1-5H3,(H,26,27)/b11-8+. The average molecular weight is 476 g/mol. The normalized spacial score (nSPS) is 12.4. The van der Waals surface area contributed by atoms with Gasteiger partial charge in [-0.15, -0.1) is 0 Å². The van der Waals surface area contributed by atoms with E-state index in [1.807, 2.05) is 12.1 Å². The molecule has 0 aliphatic carbocycles. The van der Waals surface area contributed by atoms with Crippen molar-refractivity contribution in [1.29, 1.82) is 0 Å². The first kappa shape index (κ1) is 21.4. The second kappa shape index (κ2) is 7.97. The monoisotopic (exact) mass is 476 g/mol. The zero-order chi connectivity index (χ0) is 20.4. The quantitative estimate of drug-likeness (QED) is 0.240. The molecule has 0 aliphatic rings. The number of carboxylic acids is 1. The maximum Gasteiger partial charge on any atom is 0.335 e. The largest absolute Gasteiger partial charge is 0.478 e. The maximum atomic E-state index is 12.8. The summed E-state index contributed by atoms with van der Waals surface area (Å²) in [5.74, 6) is -1.03. The van der Waals surface area contributed by atoms with Crippen molar-refractivity contribution in [3.8, 4) is 0 Å². The number of carboxylic acid groups (broad SMARTS) is 1. The minimum absolute atomic E-state index is 0.0523. The van der Waals surface area contributed by atoms with Crippen molar-refractivity contribution in [3.63, 3.8) is 0 Å². The fourth-order valence-corrected chi connectivity index (χ4v) is 2.86. The predicted octanol–water partition coefficient (Wildman–Crippen LogP) is 6.25. The highest BCUT2D eigenvalue weighted by Crippen LogP contribution is 2.35. The van der Waals surface area contributed by atoms with Crippen LogP contribution in [-0.4, -0.2) is 16.9 Å². The summed E-state index contributed by atoms with van der Waals surface area (Å²) in [5.41, 5.74) is 3.88. The molecule has 0 aliphatic heterocycles. The lowest BCUT2D eigenvalue weighted by Crippen LogP contribution is -2.16. The Hall–Kier alpha value is -1.95. The second-order valence-corrected chi connectivity index (χ2v) is 10.8. The summed E-state index contributed by atoms with van der Waals surface area (Å²) in [5, 5.41) is 8.95. The van der Waals surface area contributed by atoms with Gasteiger partial charge in [0.05, 0.1) is 5.56 Å². The van der Waals surface area contributed by atoms with Crippen LogP contribution < -0.4 is 0 Å². The molecule has 142 valence electrons. The minimum Gasteiger partial charge on any atom is -0.478 e. The van der Waals surface area contributed by atoms with Gasteiger partial charge in [0.2, 0.25) is 0 Å². The molecule has 0 bridgehead atoms. The molecule has 0 fully saturated rings. The van der Waals surface area contributed by atoms with Crippen molar-refractivity contribution in [2.45, 2.75) is 43.5 Å². The van der Waals surface area contributed by atoms with Crippen LogP contribution in [0.2, 0.25) is 0 Å². The first-order valence-corrected chi connectivity index (χ1v) is 9.86. The zero-order valence-electron chi connectivity index (χ0n) is 16.3. The third-order valence-electron chi connectivity index (χ3n) is 4.35. The number of allylic oxidation sites excluding steroid dienone is 1. The molecule has 0 radical (unpaired) electrons. The lowest BCUT2D eigenvalue weighted by atomic mass is 9.83. The smallest absolute Gasteiger partial charge is 0.335 e. The summed E-state index contributed by atoms with van der Waals surface area (Å²) in [6.07, 6.45) is 3.26. The molecule has 3 nitrogen and oxygen atoms in total. The maximum absolute atomic E-state index is 12.8. The van der Waals surface area contributed by atoms with E-state index in [1.54, 1.807) is 24.3 Å². The van der Waals surface area contributed by atoms with E-state index in [1.165, 1.54) is 12.1 Å². The van der Waals surface area contributed by atoms with E-state index in [4.69, 9.17) is 5.11 Å². The third-order valence-corrected chi connectivity index (χ3v) is 4.98. The molecule has 2 aromatic carbocycles. The van der Waals surface area contributed by atoms with Crippen LogP contribution in [0.1, 0.15) is 72.0 Å². The van der Waals surface area contributed by atoms with E-state index in [0.29, 0.717) is 5.56 Å². The topological polar surface area (TPSA) is 54.4 Å². The Kier molecular flexibility index (Phi) is 6.30. The molecular weight excluding hydrogens is 451 g/mol. The van der Waals surface area contributed by atoms with Crippen LogP contribution in [-0.2, 0) is 8.84 Å². The SMILES string of the molecule is CC(C)(C)c1cc(C(=O)/C=C/c2ccc(C(=O)O)cc2)cc(C(C)(C)I)c1. The van der Waals surface area contributed by atoms with Gasteiger partial charge in [-0.3, -0.25) is 4.79 Å². The number of hydrogen-bond acceptors (Lipinski definition) is 2.